The van der Waals surface area contributed by atoms with Crippen molar-refractivity contribution in [3.63, 3.8) is 0 Å². The molecule has 0 fully saturated rings. The molecule has 3 aromatic heterocycles. The minimum absolute atomic E-state index is 0.0131. The number of rotatable bonds is 3. The van der Waals surface area contributed by atoms with Gasteiger partial charge >= 0.3 is 0 Å². The molecule has 0 aromatic carbocycles. The molecule has 0 spiro atoms. The van der Waals surface area contributed by atoms with E-state index >= 15 is 0 Å². The maximum Gasteiger partial charge on any atom is 0.292 e. The Kier molecular flexibility index (Phi) is 2.81. The molecule has 3 heterocycles. The number of aryl methyl sites for hydroxylation is 1. The van der Waals surface area contributed by atoms with Gasteiger partial charge in [-0.3, -0.25) is 5.32 Å². The van der Waals surface area contributed by atoms with E-state index in [9.17, 15) is 0 Å². The Morgan fingerprint density at radius 2 is 2.00 bits per heavy atom. The van der Waals surface area contributed by atoms with Gasteiger partial charge in [0.05, 0.1) is 0 Å². The summed E-state index contributed by atoms with van der Waals surface area (Å²) in [5.74, 6) is 0.873. The van der Waals surface area contributed by atoms with E-state index in [1.54, 1.807) is 13.0 Å². The molecule has 0 aliphatic carbocycles. The van der Waals surface area contributed by atoms with Crippen LogP contribution in [0.4, 0.5) is 17.8 Å². The SMILES string of the molecule is Cc1n[nH]c(Nc2nnc(-n3nc(C#N)nc3N)nn2)n1. The fourth-order valence-corrected chi connectivity index (χ4v) is 1.39. The molecular weight excluding hydrogens is 278 g/mol. The molecule has 104 valence electrons. The Balaban J connectivity index is 1.83. The van der Waals surface area contributed by atoms with Crippen molar-refractivity contribution >= 4 is 17.8 Å². The van der Waals surface area contributed by atoms with Crippen LogP contribution in [0.25, 0.3) is 5.95 Å². The third-order valence-electron chi connectivity index (χ3n) is 2.22. The van der Waals surface area contributed by atoms with E-state index in [4.69, 9.17) is 11.0 Å². The second kappa shape index (κ2) is 4.77. The number of aromatic nitrogens is 10. The van der Waals surface area contributed by atoms with Crippen LogP contribution in [0.1, 0.15) is 11.6 Å². The van der Waals surface area contributed by atoms with Crippen LogP contribution in [0.15, 0.2) is 0 Å². The van der Waals surface area contributed by atoms with Gasteiger partial charge in [0.25, 0.3) is 17.7 Å². The summed E-state index contributed by atoms with van der Waals surface area (Å²) in [5, 5.41) is 36.8. The molecule has 0 radical (unpaired) electrons. The van der Waals surface area contributed by atoms with Crippen molar-refractivity contribution in [1.29, 1.82) is 5.26 Å². The number of aromatic amines is 1. The molecule has 13 heteroatoms. The van der Waals surface area contributed by atoms with Crippen LogP contribution in [-0.2, 0) is 0 Å². The Labute approximate surface area is 116 Å². The molecule has 13 nitrogen and oxygen atoms in total. The molecule has 0 aliphatic rings. The number of H-pyrrole nitrogens is 1. The molecule has 3 aromatic rings. The molecule has 0 atom stereocenters. The van der Waals surface area contributed by atoms with Gasteiger partial charge in [0.1, 0.15) is 11.9 Å². The normalized spacial score (nSPS) is 10.3. The van der Waals surface area contributed by atoms with Gasteiger partial charge in [-0.2, -0.15) is 25.0 Å². The maximum absolute atomic E-state index is 8.69. The highest BCUT2D eigenvalue weighted by molar-refractivity contribution is 5.40. The summed E-state index contributed by atoms with van der Waals surface area (Å²) in [6, 6.07) is 1.75. The van der Waals surface area contributed by atoms with Crippen molar-refractivity contribution in [3.8, 4) is 12.0 Å². The van der Waals surface area contributed by atoms with Crippen LogP contribution in [0.5, 0.6) is 0 Å². The quantitative estimate of drug-likeness (QED) is 0.506. The molecule has 0 unspecified atom stereocenters. The Hall–Kier alpha value is -3.69. The molecule has 0 saturated heterocycles. The van der Waals surface area contributed by atoms with Crippen LogP contribution in [0, 0.1) is 18.3 Å². The summed E-state index contributed by atoms with van der Waals surface area (Å²) < 4.78 is 1.06. The number of nitrogen functional groups attached to an aromatic ring is 1. The Bertz CT molecular complexity index is 806. The molecule has 0 saturated carbocycles. The van der Waals surface area contributed by atoms with Crippen molar-refractivity contribution < 1.29 is 0 Å². The smallest absolute Gasteiger partial charge is 0.292 e. The van der Waals surface area contributed by atoms with Gasteiger partial charge in [0, 0.05) is 0 Å². The highest BCUT2D eigenvalue weighted by atomic mass is 15.5. The lowest BCUT2D eigenvalue weighted by atomic mass is 10.7. The summed E-state index contributed by atoms with van der Waals surface area (Å²) in [4.78, 5) is 7.71. The average Bonchev–Trinajstić information content (AvgIpc) is 3.06. The first-order valence-electron chi connectivity index (χ1n) is 5.52. The van der Waals surface area contributed by atoms with E-state index in [0.29, 0.717) is 11.8 Å². The minimum Gasteiger partial charge on any atom is -0.368 e. The second-order valence-electron chi connectivity index (χ2n) is 3.70. The number of nitrogens with two attached hydrogens (primary N) is 1. The van der Waals surface area contributed by atoms with Gasteiger partial charge in [-0.1, -0.05) is 0 Å². The third kappa shape index (κ3) is 2.40. The molecular formula is C8H7N13. The van der Waals surface area contributed by atoms with Gasteiger partial charge in [-0.05, 0) is 6.92 Å². The molecule has 0 bridgehead atoms. The summed E-state index contributed by atoms with van der Waals surface area (Å²) >= 11 is 0. The lowest BCUT2D eigenvalue weighted by Crippen LogP contribution is -2.11. The van der Waals surface area contributed by atoms with E-state index < -0.39 is 0 Å². The summed E-state index contributed by atoms with van der Waals surface area (Å²) in [6.45, 7) is 1.72. The van der Waals surface area contributed by atoms with E-state index in [1.165, 1.54) is 0 Å². The highest BCUT2D eigenvalue weighted by Crippen LogP contribution is 2.07. The van der Waals surface area contributed by atoms with Crippen LogP contribution >= 0.6 is 0 Å². The van der Waals surface area contributed by atoms with E-state index in [2.05, 4.69) is 51.0 Å². The first-order valence-corrected chi connectivity index (χ1v) is 5.52. The fraction of sp³-hybridized carbons (Fsp3) is 0.125. The van der Waals surface area contributed by atoms with E-state index in [0.717, 1.165) is 4.68 Å². The number of nitrogens with one attached hydrogen (secondary N) is 2. The van der Waals surface area contributed by atoms with Gasteiger partial charge < -0.3 is 5.73 Å². The van der Waals surface area contributed by atoms with Crippen LogP contribution in [0.3, 0.4) is 0 Å². The Morgan fingerprint density at radius 1 is 1.24 bits per heavy atom. The van der Waals surface area contributed by atoms with Crippen LogP contribution in [-0.4, -0.2) is 50.3 Å². The monoisotopic (exact) mass is 285 g/mol. The minimum atomic E-state index is -0.101. The molecule has 4 N–H and O–H groups in total. The third-order valence-corrected chi connectivity index (χ3v) is 2.22. The van der Waals surface area contributed by atoms with Gasteiger partial charge in [0.2, 0.25) is 11.9 Å². The Morgan fingerprint density at radius 3 is 2.57 bits per heavy atom. The zero-order valence-electron chi connectivity index (χ0n) is 10.5. The number of hydrogen-bond acceptors (Lipinski definition) is 11. The molecule has 0 aliphatic heterocycles. The number of nitrogens with zero attached hydrogens (tertiary/aromatic N) is 10. The molecule has 0 amide bonds. The van der Waals surface area contributed by atoms with Crippen molar-refractivity contribution in [2.24, 2.45) is 0 Å². The fourth-order valence-electron chi connectivity index (χ4n) is 1.39. The first-order chi connectivity index (χ1) is 10.2. The van der Waals surface area contributed by atoms with Crippen molar-refractivity contribution in [2.45, 2.75) is 6.92 Å². The number of nitriles is 1. The van der Waals surface area contributed by atoms with Crippen LogP contribution < -0.4 is 11.1 Å². The summed E-state index contributed by atoms with van der Waals surface area (Å²) in [5.41, 5.74) is 5.58. The topological polar surface area (TPSA) is 186 Å². The summed E-state index contributed by atoms with van der Waals surface area (Å²) in [7, 11) is 0. The van der Waals surface area contributed by atoms with Gasteiger partial charge in [-0.25, -0.2) is 5.10 Å². The lowest BCUT2D eigenvalue weighted by molar-refractivity contribution is 0.736. The predicted octanol–water partition coefficient (Wildman–Crippen LogP) is -1.53. The number of anilines is 3. The summed E-state index contributed by atoms with van der Waals surface area (Å²) in [6.07, 6.45) is 0. The highest BCUT2D eigenvalue weighted by Gasteiger charge is 2.12. The zero-order valence-corrected chi connectivity index (χ0v) is 10.5. The van der Waals surface area contributed by atoms with Crippen molar-refractivity contribution in [1.82, 2.24) is 50.3 Å². The molecule has 21 heavy (non-hydrogen) atoms. The number of hydrogen-bond donors (Lipinski definition) is 3. The van der Waals surface area contributed by atoms with Crippen molar-refractivity contribution in [3.05, 3.63) is 11.6 Å². The average molecular weight is 285 g/mol. The zero-order chi connectivity index (χ0) is 14.8. The van der Waals surface area contributed by atoms with Crippen molar-refractivity contribution in [2.75, 3.05) is 11.1 Å². The lowest BCUT2D eigenvalue weighted by Gasteiger charge is -2.00. The maximum atomic E-state index is 8.69. The van der Waals surface area contributed by atoms with E-state index in [-0.39, 0.29) is 23.7 Å². The second-order valence-corrected chi connectivity index (χ2v) is 3.70. The largest absolute Gasteiger partial charge is 0.368 e. The van der Waals surface area contributed by atoms with Crippen LogP contribution in [0.2, 0.25) is 0 Å². The first kappa shape index (κ1) is 12.3. The van der Waals surface area contributed by atoms with E-state index in [1.807, 2.05) is 0 Å². The standard InChI is InChI=1S/C8H7N13/c1-3-11-6(15-14-3)13-7-16-18-8(19-17-7)21-5(10)12-4(2-9)20-21/h1H3,(H2,10,12,20)(H2,11,13,14,15,16,17). The van der Waals surface area contributed by atoms with Gasteiger partial charge in [-0.15, -0.1) is 25.5 Å². The molecule has 3 rings (SSSR count). The van der Waals surface area contributed by atoms with Gasteiger partial charge in [0.15, 0.2) is 0 Å². The predicted molar refractivity (Wildman–Crippen MR) is 66.1 cm³/mol.